The molecule has 0 amide bonds. The zero-order valence-corrected chi connectivity index (χ0v) is 19.0. The lowest BCUT2D eigenvalue weighted by atomic mass is 9.99. The third kappa shape index (κ3) is 4.43. The number of aryl methyl sites for hydroxylation is 3. The standard InChI is InChI=1S/C23H20F3N3O3S/c1-13-5-6-17(10-21(13)33(4,30)31)16-7-8-20(18(9-16)19-12-32-15(3)28-19)29-11-22(23(24,25)26)27-14(29)2/h5-12H,1-4H3. The fourth-order valence-corrected chi connectivity index (χ4v) is 4.64. The number of nitrogens with zero attached hydrogens (tertiary/aromatic N) is 3. The first-order valence-corrected chi connectivity index (χ1v) is 11.7. The van der Waals surface area contributed by atoms with Crippen LogP contribution >= 0.6 is 0 Å². The molecule has 4 aromatic rings. The zero-order chi connectivity index (χ0) is 24.1. The predicted octanol–water partition coefficient (Wildman–Crippen LogP) is 5.54. The molecule has 33 heavy (non-hydrogen) atoms. The molecule has 2 aromatic carbocycles. The van der Waals surface area contributed by atoms with Crippen LogP contribution in [0, 0.1) is 20.8 Å². The average Bonchev–Trinajstić information content (AvgIpc) is 3.32. The summed E-state index contributed by atoms with van der Waals surface area (Å²) in [5, 5.41) is 0. The molecule has 0 saturated carbocycles. The first-order valence-electron chi connectivity index (χ1n) is 9.86. The largest absolute Gasteiger partial charge is 0.449 e. The molecule has 0 aliphatic rings. The number of oxazole rings is 1. The smallest absolute Gasteiger partial charge is 0.434 e. The summed E-state index contributed by atoms with van der Waals surface area (Å²) in [6, 6.07) is 10.2. The van der Waals surface area contributed by atoms with Crippen molar-refractivity contribution in [2.45, 2.75) is 31.8 Å². The highest BCUT2D eigenvalue weighted by molar-refractivity contribution is 7.90. The SMILES string of the molecule is Cc1nc(-c2cc(-c3ccc(C)c(S(C)(=O)=O)c3)ccc2-n2cc(C(F)(F)F)nc2C)co1. The molecule has 0 unspecified atom stereocenters. The van der Waals surface area contributed by atoms with Crippen molar-refractivity contribution in [2.24, 2.45) is 0 Å². The van der Waals surface area contributed by atoms with Crippen molar-refractivity contribution in [3.63, 3.8) is 0 Å². The number of hydrogen-bond donors (Lipinski definition) is 0. The number of aromatic nitrogens is 3. The third-order valence-electron chi connectivity index (χ3n) is 5.24. The van der Waals surface area contributed by atoms with Crippen molar-refractivity contribution in [3.05, 3.63) is 71.8 Å². The number of alkyl halides is 3. The van der Waals surface area contributed by atoms with Gasteiger partial charge in [-0.05, 0) is 48.7 Å². The minimum Gasteiger partial charge on any atom is -0.449 e. The number of rotatable bonds is 4. The molecule has 4 rings (SSSR count). The molecule has 0 aliphatic heterocycles. The van der Waals surface area contributed by atoms with E-state index in [0.717, 1.165) is 12.5 Å². The Bertz CT molecular complexity index is 1470. The van der Waals surface area contributed by atoms with Gasteiger partial charge in [0.05, 0.1) is 10.6 Å². The molecule has 6 nitrogen and oxygen atoms in total. The van der Waals surface area contributed by atoms with Crippen LogP contribution in [0.5, 0.6) is 0 Å². The minimum absolute atomic E-state index is 0.159. The number of hydrogen-bond acceptors (Lipinski definition) is 5. The lowest BCUT2D eigenvalue weighted by Crippen LogP contribution is -2.05. The van der Waals surface area contributed by atoms with Crippen LogP contribution in [0.3, 0.4) is 0 Å². The fraction of sp³-hybridized carbons (Fsp3) is 0.217. The van der Waals surface area contributed by atoms with E-state index >= 15 is 0 Å². The quantitative estimate of drug-likeness (QED) is 0.387. The Kier molecular flexibility index (Phi) is 5.44. The Labute approximate surface area is 188 Å². The number of halogens is 3. The molecule has 0 N–H and O–H groups in total. The Hall–Kier alpha value is -3.40. The van der Waals surface area contributed by atoms with E-state index in [4.69, 9.17) is 4.42 Å². The van der Waals surface area contributed by atoms with Gasteiger partial charge in [0.15, 0.2) is 21.4 Å². The van der Waals surface area contributed by atoms with Crippen LogP contribution in [0.25, 0.3) is 28.1 Å². The molecule has 0 saturated heterocycles. The molecule has 0 spiro atoms. The Morgan fingerprint density at radius 2 is 1.64 bits per heavy atom. The van der Waals surface area contributed by atoms with Gasteiger partial charge in [0, 0.05) is 24.9 Å². The predicted molar refractivity (Wildman–Crippen MR) is 117 cm³/mol. The average molecular weight is 475 g/mol. The van der Waals surface area contributed by atoms with Gasteiger partial charge in [0.1, 0.15) is 17.8 Å². The summed E-state index contributed by atoms with van der Waals surface area (Å²) in [6.45, 7) is 4.86. The maximum Gasteiger partial charge on any atom is 0.434 e. The number of imidazole rings is 1. The lowest BCUT2D eigenvalue weighted by Gasteiger charge is -2.14. The monoisotopic (exact) mass is 475 g/mol. The highest BCUT2D eigenvalue weighted by Gasteiger charge is 2.34. The van der Waals surface area contributed by atoms with E-state index in [0.29, 0.717) is 39.5 Å². The highest BCUT2D eigenvalue weighted by atomic mass is 32.2. The van der Waals surface area contributed by atoms with Crippen LogP contribution in [0.4, 0.5) is 13.2 Å². The van der Waals surface area contributed by atoms with Crippen molar-refractivity contribution < 1.29 is 26.0 Å². The van der Waals surface area contributed by atoms with Crippen LogP contribution in [-0.2, 0) is 16.0 Å². The Morgan fingerprint density at radius 1 is 0.970 bits per heavy atom. The van der Waals surface area contributed by atoms with Gasteiger partial charge < -0.3 is 8.98 Å². The van der Waals surface area contributed by atoms with Crippen molar-refractivity contribution in [1.29, 1.82) is 0 Å². The van der Waals surface area contributed by atoms with E-state index < -0.39 is 21.7 Å². The van der Waals surface area contributed by atoms with E-state index in [1.54, 1.807) is 50.2 Å². The molecule has 10 heteroatoms. The fourth-order valence-electron chi connectivity index (χ4n) is 3.65. The van der Waals surface area contributed by atoms with Crippen LogP contribution < -0.4 is 0 Å². The number of benzene rings is 2. The molecule has 0 atom stereocenters. The van der Waals surface area contributed by atoms with Crippen molar-refractivity contribution in [3.8, 4) is 28.1 Å². The van der Waals surface area contributed by atoms with Gasteiger partial charge in [-0.15, -0.1) is 0 Å². The van der Waals surface area contributed by atoms with Gasteiger partial charge in [-0.25, -0.2) is 18.4 Å². The van der Waals surface area contributed by atoms with E-state index in [2.05, 4.69) is 9.97 Å². The summed E-state index contributed by atoms with van der Waals surface area (Å²) in [6.07, 6.45) is -1.07. The van der Waals surface area contributed by atoms with E-state index in [1.165, 1.54) is 17.8 Å². The summed E-state index contributed by atoms with van der Waals surface area (Å²) in [7, 11) is -3.44. The Morgan fingerprint density at radius 3 is 2.21 bits per heavy atom. The zero-order valence-electron chi connectivity index (χ0n) is 18.2. The Balaban J connectivity index is 1.93. The molecule has 172 valence electrons. The lowest BCUT2D eigenvalue weighted by molar-refractivity contribution is -0.141. The topological polar surface area (TPSA) is 78.0 Å². The summed E-state index contributed by atoms with van der Waals surface area (Å²) in [5.41, 5.74) is 2.33. The first kappa shape index (κ1) is 22.8. The van der Waals surface area contributed by atoms with Crippen LogP contribution in [-0.4, -0.2) is 29.2 Å². The normalized spacial score (nSPS) is 12.3. The molecular weight excluding hydrogens is 455 g/mol. The molecule has 0 fully saturated rings. The maximum atomic E-state index is 13.2. The highest BCUT2D eigenvalue weighted by Crippen LogP contribution is 2.35. The second-order valence-corrected chi connectivity index (χ2v) is 9.76. The second-order valence-electron chi connectivity index (χ2n) is 7.78. The van der Waals surface area contributed by atoms with Crippen molar-refractivity contribution in [1.82, 2.24) is 14.5 Å². The van der Waals surface area contributed by atoms with E-state index in [9.17, 15) is 21.6 Å². The van der Waals surface area contributed by atoms with Gasteiger partial charge in [-0.2, -0.15) is 13.2 Å². The molecule has 2 aromatic heterocycles. The minimum atomic E-state index is -4.58. The summed E-state index contributed by atoms with van der Waals surface area (Å²) in [5.74, 6) is 0.556. The molecule has 0 radical (unpaired) electrons. The molecular formula is C23H20F3N3O3S. The van der Waals surface area contributed by atoms with E-state index in [1.807, 2.05) is 0 Å². The summed E-state index contributed by atoms with van der Waals surface area (Å²) < 4.78 is 70.7. The van der Waals surface area contributed by atoms with Gasteiger partial charge in [0.2, 0.25) is 0 Å². The van der Waals surface area contributed by atoms with Crippen LogP contribution in [0.15, 0.2) is 58.2 Å². The van der Waals surface area contributed by atoms with Gasteiger partial charge in [0.25, 0.3) is 0 Å². The van der Waals surface area contributed by atoms with Gasteiger partial charge >= 0.3 is 6.18 Å². The van der Waals surface area contributed by atoms with E-state index in [-0.39, 0.29) is 10.7 Å². The number of sulfone groups is 1. The first-order chi connectivity index (χ1) is 15.3. The van der Waals surface area contributed by atoms with Crippen LogP contribution in [0.1, 0.15) is 23.0 Å². The third-order valence-corrected chi connectivity index (χ3v) is 6.48. The molecule has 2 heterocycles. The molecule has 0 bridgehead atoms. The van der Waals surface area contributed by atoms with Gasteiger partial charge in [-0.1, -0.05) is 18.2 Å². The summed E-state index contributed by atoms with van der Waals surface area (Å²) >= 11 is 0. The van der Waals surface area contributed by atoms with Crippen LogP contribution in [0.2, 0.25) is 0 Å². The maximum absolute atomic E-state index is 13.2. The summed E-state index contributed by atoms with van der Waals surface area (Å²) in [4.78, 5) is 8.21. The van der Waals surface area contributed by atoms with Gasteiger partial charge in [-0.3, -0.25) is 0 Å². The second kappa shape index (κ2) is 7.87. The van der Waals surface area contributed by atoms with Crippen molar-refractivity contribution >= 4 is 9.84 Å². The molecule has 0 aliphatic carbocycles. The van der Waals surface area contributed by atoms with Crippen molar-refractivity contribution in [2.75, 3.05) is 6.26 Å².